The molecule has 0 spiro atoms. The lowest BCUT2D eigenvalue weighted by Crippen LogP contribution is -1.96. The monoisotopic (exact) mass is 466 g/mol. The smallest absolute Gasteiger partial charge is 0.244 e. The molecule has 5 heteroatoms. The van der Waals surface area contributed by atoms with Gasteiger partial charge in [0.25, 0.3) is 0 Å². The maximum absolute atomic E-state index is 5.65. The zero-order valence-corrected chi connectivity index (χ0v) is 22.3. The average Bonchev–Trinajstić information content (AvgIpc) is 2.78. The van der Waals surface area contributed by atoms with Gasteiger partial charge in [0.1, 0.15) is 0 Å². The molecule has 0 rings (SSSR count). The fraction of sp³-hybridized carbons (Fsp3) is 0.667. The summed E-state index contributed by atoms with van der Waals surface area (Å²) in [6.45, 7) is 29.9. The number of rotatable bonds is 16. The van der Waals surface area contributed by atoms with Crippen LogP contribution in [0, 0.1) is 0 Å². The number of hydrogen-bond acceptors (Lipinski definition) is 3. The molecule has 0 heterocycles. The standard InChI is InChI=1S/C16H35O2PS2.4C2H4/c1-3-5-7-9-11-13-15-17-19(20,21)18-16-14-12-10-8-6-4-2;4*1-2/h3-16H2,1-2H3,(H,20,21);4*1-2H2. The van der Waals surface area contributed by atoms with E-state index in [0.29, 0.717) is 13.2 Å². The summed E-state index contributed by atoms with van der Waals surface area (Å²) < 4.78 is 11.3. The third kappa shape index (κ3) is 47.2. The minimum absolute atomic E-state index is 0.698. The Morgan fingerprint density at radius 3 is 1.07 bits per heavy atom. The second-order valence-corrected chi connectivity index (χ2v) is 11.0. The van der Waals surface area contributed by atoms with E-state index in [2.05, 4.69) is 78.7 Å². The van der Waals surface area contributed by atoms with E-state index in [1.807, 2.05) is 0 Å². The van der Waals surface area contributed by atoms with Gasteiger partial charge in [-0.2, -0.15) is 0 Å². The first-order chi connectivity index (χ1) is 14.1. The van der Waals surface area contributed by atoms with Crippen molar-refractivity contribution < 1.29 is 9.05 Å². The van der Waals surface area contributed by atoms with Crippen molar-refractivity contribution in [3.05, 3.63) is 52.6 Å². The highest BCUT2D eigenvalue weighted by atomic mass is 32.9. The van der Waals surface area contributed by atoms with Gasteiger partial charge in [0, 0.05) is 0 Å². The first kappa shape index (κ1) is 39.4. The van der Waals surface area contributed by atoms with E-state index in [9.17, 15) is 0 Å². The highest BCUT2D eigenvalue weighted by Gasteiger charge is 2.12. The van der Waals surface area contributed by atoms with Crippen molar-refractivity contribution >= 4 is 29.7 Å². The van der Waals surface area contributed by atoms with Gasteiger partial charge in [-0.1, -0.05) is 90.3 Å². The van der Waals surface area contributed by atoms with Gasteiger partial charge in [-0.15, -0.1) is 52.6 Å². The molecule has 0 aliphatic rings. The predicted octanol–water partition coefficient (Wildman–Crippen LogP) is 10.1. The number of unbranched alkanes of at least 4 members (excludes halogenated alkanes) is 10. The van der Waals surface area contributed by atoms with E-state index in [4.69, 9.17) is 20.9 Å². The summed E-state index contributed by atoms with van der Waals surface area (Å²) in [5, 5.41) is 0. The van der Waals surface area contributed by atoms with Crippen LogP contribution < -0.4 is 0 Å². The third-order valence-electron chi connectivity index (χ3n) is 3.50. The average molecular weight is 467 g/mol. The minimum Gasteiger partial charge on any atom is -0.322 e. The maximum Gasteiger partial charge on any atom is 0.244 e. The lowest BCUT2D eigenvalue weighted by molar-refractivity contribution is 0.250. The Balaban J connectivity index is -0.000000212. The summed E-state index contributed by atoms with van der Waals surface area (Å²) >= 11 is 9.70. The van der Waals surface area contributed by atoms with Crippen LogP contribution in [0.3, 0.4) is 0 Å². The van der Waals surface area contributed by atoms with Gasteiger partial charge in [-0.25, -0.2) is 0 Å². The van der Waals surface area contributed by atoms with Gasteiger partial charge in [-0.3, -0.25) is 0 Å². The summed E-state index contributed by atoms with van der Waals surface area (Å²) in [6.07, 6.45) is 15.1. The lowest BCUT2D eigenvalue weighted by Gasteiger charge is -2.16. The minimum atomic E-state index is -2.29. The van der Waals surface area contributed by atoms with E-state index in [0.717, 1.165) is 12.8 Å². The van der Waals surface area contributed by atoms with E-state index >= 15 is 0 Å². The van der Waals surface area contributed by atoms with Crippen LogP contribution in [0.2, 0.25) is 0 Å². The van der Waals surface area contributed by atoms with Crippen molar-refractivity contribution in [3.8, 4) is 0 Å². The molecule has 0 saturated heterocycles. The molecular formula is C24H51O2PS2. The number of thiol groups is 1. The van der Waals surface area contributed by atoms with Gasteiger partial charge in [0.15, 0.2) is 0 Å². The van der Waals surface area contributed by atoms with Crippen LogP contribution in [0.15, 0.2) is 52.6 Å². The summed E-state index contributed by atoms with van der Waals surface area (Å²) in [4.78, 5) is 0. The Hall–Kier alpha value is -0.120. The molecule has 0 unspecified atom stereocenters. The van der Waals surface area contributed by atoms with Crippen LogP contribution in [0.5, 0.6) is 0 Å². The summed E-state index contributed by atoms with van der Waals surface area (Å²) in [5.74, 6) is 0. The molecule has 0 aliphatic heterocycles. The topological polar surface area (TPSA) is 18.5 Å². The first-order valence-corrected chi connectivity index (χ1v) is 14.5. The molecule has 176 valence electrons. The van der Waals surface area contributed by atoms with Gasteiger partial charge in [0.05, 0.1) is 13.2 Å². The summed E-state index contributed by atoms with van der Waals surface area (Å²) in [6, 6.07) is 0. The molecule has 2 nitrogen and oxygen atoms in total. The van der Waals surface area contributed by atoms with Crippen molar-refractivity contribution in [3.63, 3.8) is 0 Å². The molecule has 0 bridgehead atoms. The van der Waals surface area contributed by atoms with Crippen LogP contribution >= 0.6 is 17.9 Å². The van der Waals surface area contributed by atoms with Crippen molar-refractivity contribution in [1.82, 2.24) is 0 Å². The highest BCUT2D eigenvalue weighted by molar-refractivity contribution is 8.60. The first-order valence-electron chi connectivity index (χ1n) is 10.7. The molecular weight excluding hydrogens is 415 g/mol. The molecule has 0 aromatic carbocycles. The molecule has 0 saturated carbocycles. The zero-order valence-electron chi connectivity index (χ0n) is 19.7. The van der Waals surface area contributed by atoms with Crippen LogP contribution in [0.25, 0.3) is 0 Å². The Morgan fingerprint density at radius 2 is 0.793 bits per heavy atom. The summed E-state index contributed by atoms with van der Waals surface area (Å²) in [7, 11) is 0. The van der Waals surface area contributed by atoms with Gasteiger partial charge in [0.2, 0.25) is 5.69 Å². The van der Waals surface area contributed by atoms with Crippen LogP contribution in [-0.4, -0.2) is 13.2 Å². The van der Waals surface area contributed by atoms with E-state index < -0.39 is 5.69 Å². The zero-order chi connectivity index (χ0) is 23.8. The molecule has 0 aliphatic carbocycles. The van der Waals surface area contributed by atoms with Gasteiger partial charge >= 0.3 is 0 Å². The molecule has 0 atom stereocenters. The van der Waals surface area contributed by atoms with Crippen LogP contribution in [-0.2, 0) is 20.9 Å². The van der Waals surface area contributed by atoms with Gasteiger partial charge < -0.3 is 9.05 Å². The molecule has 0 N–H and O–H groups in total. The largest absolute Gasteiger partial charge is 0.322 e. The number of hydrogen-bond donors (Lipinski definition) is 1. The SMILES string of the molecule is C=C.C=C.C=C.C=C.CCCCCCCCOP(=S)(S)OCCCCCCCC. The van der Waals surface area contributed by atoms with Crippen molar-refractivity contribution in [1.29, 1.82) is 0 Å². The highest BCUT2D eigenvalue weighted by Crippen LogP contribution is 2.53. The summed E-state index contributed by atoms with van der Waals surface area (Å²) in [5.41, 5.74) is -2.29. The Morgan fingerprint density at radius 1 is 0.552 bits per heavy atom. The quantitative estimate of drug-likeness (QED) is 0.106. The fourth-order valence-electron chi connectivity index (χ4n) is 2.16. The fourth-order valence-corrected chi connectivity index (χ4v) is 3.89. The molecule has 0 fully saturated rings. The molecule has 0 aromatic rings. The Labute approximate surface area is 195 Å². The predicted molar refractivity (Wildman–Crippen MR) is 147 cm³/mol. The van der Waals surface area contributed by atoms with E-state index in [1.165, 1.54) is 64.2 Å². The van der Waals surface area contributed by atoms with Gasteiger partial charge in [-0.05, 0) is 24.6 Å². The van der Waals surface area contributed by atoms with Crippen molar-refractivity contribution in [2.75, 3.05) is 13.2 Å². The van der Waals surface area contributed by atoms with Crippen molar-refractivity contribution in [2.24, 2.45) is 0 Å². The second-order valence-electron chi connectivity index (χ2n) is 5.67. The molecule has 0 radical (unpaired) electrons. The lowest BCUT2D eigenvalue weighted by atomic mass is 10.1. The van der Waals surface area contributed by atoms with Crippen molar-refractivity contribution in [2.45, 2.75) is 90.9 Å². The molecule has 29 heavy (non-hydrogen) atoms. The third-order valence-corrected chi connectivity index (χ3v) is 5.85. The van der Waals surface area contributed by atoms with Crippen LogP contribution in [0.1, 0.15) is 90.9 Å². The van der Waals surface area contributed by atoms with Crippen LogP contribution in [0.4, 0.5) is 0 Å². The van der Waals surface area contributed by atoms with E-state index in [1.54, 1.807) is 0 Å². The Bertz CT molecular complexity index is 285. The second kappa shape index (κ2) is 42.1. The van der Waals surface area contributed by atoms with E-state index in [-0.39, 0.29) is 0 Å². The molecule has 0 amide bonds. The maximum atomic E-state index is 5.65. The Kier molecular flexibility index (Phi) is 57.1. The molecule has 0 aromatic heterocycles. The normalized spacial score (nSPS) is 9.21.